The topological polar surface area (TPSA) is 44.5 Å². The van der Waals surface area contributed by atoms with Gasteiger partial charge >= 0.3 is 0 Å². The van der Waals surface area contributed by atoms with Gasteiger partial charge in [-0.3, -0.25) is 0 Å². The SMILES string of the molecule is COc1cc([C@H](C)N)ccc1OCC1CC1. The molecule has 0 heterocycles. The minimum absolute atomic E-state index is 0.0198. The van der Waals surface area contributed by atoms with Gasteiger partial charge in [0.25, 0.3) is 0 Å². The number of hydrogen-bond donors (Lipinski definition) is 1. The van der Waals surface area contributed by atoms with Crippen molar-refractivity contribution in [3.8, 4) is 11.5 Å². The van der Waals surface area contributed by atoms with Crippen molar-refractivity contribution in [3.05, 3.63) is 23.8 Å². The van der Waals surface area contributed by atoms with Gasteiger partial charge in [0.05, 0.1) is 13.7 Å². The monoisotopic (exact) mass is 221 g/mol. The quantitative estimate of drug-likeness (QED) is 0.830. The highest BCUT2D eigenvalue weighted by atomic mass is 16.5. The van der Waals surface area contributed by atoms with Crippen LogP contribution in [0, 0.1) is 5.92 Å². The predicted octanol–water partition coefficient (Wildman–Crippen LogP) is 2.50. The van der Waals surface area contributed by atoms with Crippen LogP contribution in [0.15, 0.2) is 18.2 Å². The van der Waals surface area contributed by atoms with Crippen LogP contribution in [-0.2, 0) is 0 Å². The van der Waals surface area contributed by atoms with Crippen molar-refractivity contribution in [1.29, 1.82) is 0 Å². The lowest BCUT2D eigenvalue weighted by molar-refractivity contribution is 0.280. The van der Waals surface area contributed by atoms with E-state index in [9.17, 15) is 0 Å². The lowest BCUT2D eigenvalue weighted by Gasteiger charge is -2.13. The fourth-order valence-electron chi connectivity index (χ4n) is 1.58. The molecule has 1 aliphatic rings. The molecule has 88 valence electrons. The van der Waals surface area contributed by atoms with Gasteiger partial charge in [-0.1, -0.05) is 6.07 Å². The van der Waals surface area contributed by atoms with Gasteiger partial charge in [-0.05, 0) is 43.4 Å². The minimum Gasteiger partial charge on any atom is -0.493 e. The van der Waals surface area contributed by atoms with Crippen molar-refractivity contribution in [2.75, 3.05) is 13.7 Å². The normalized spacial score (nSPS) is 16.9. The third-order valence-electron chi connectivity index (χ3n) is 2.88. The maximum atomic E-state index is 5.82. The Morgan fingerprint density at radius 2 is 2.12 bits per heavy atom. The van der Waals surface area contributed by atoms with Crippen LogP contribution < -0.4 is 15.2 Å². The van der Waals surface area contributed by atoms with Crippen LogP contribution in [0.25, 0.3) is 0 Å². The molecule has 0 saturated heterocycles. The first-order valence-corrected chi connectivity index (χ1v) is 5.77. The molecule has 3 heteroatoms. The molecule has 1 aromatic rings. The molecule has 2 rings (SSSR count). The van der Waals surface area contributed by atoms with Gasteiger partial charge in [0.1, 0.15) is 0 Å². The van der Waals surface area contributed by atoms with Crippen molar-refractivity contribution < 1.29 is 9.47 Å². The average Bonchev–Trinajstić information content (AvgIpc) is 3.09. The number of ether oxygens (including phenoxy) is 2. The lowest BCUT2D eigenvalue weighted by atomic mass is 10.1. The van der Waals surface area contributed by atoms with Gasteiger partial charge in [-0.2, -0.15) is 0 Å². The van der Waals surface area contributed by atoms with Gasteiger partial charge in [0.2, 0.25) is 0 Å². The molecule has 0 aliphatic heterocycles. The van der Waals surface area contributed by atoms with E-state index >= 15 is 0 Å². The van der Waals surface area contributed by atoms with Crippen molar-refractivity contribution in [2.45, 2.75) is 25.8 Å². The van der Waals surface area contributed by atoms with Crippen LogP contribution >= 0.6 is 0 Å². The molecule has 2 N–H and O–H groups in total. The Kier molecular flexibility index (Phi) is 3.34. The summed E-state index contributed by atoms with van der Waals surface area (Å²) in [5.74, 6) is 2.34. The molecular formula is C13H19NO2. The highest BCUT2D eigenvalue weighted by Crippen LogP contribution is 2.33. The zero-order valence-corrected chi connectivity index (χ0v) is 9.90. The molecule has 0 bridgehead atoms. The fraction of sp³-hybridized carbons (Fsp3) is 0.538. The van der Waals surface area contributed by atoms with Crippen LogP contribution in [0.2, 0.25) is 0 Å². The second-order valence-electron chi connectivity index (χ2n) is 4.45. The van der Waals surface area contributed by atoms with Gasteiger partial charge < -0.3 is 15.2 Å². The van der Waals surface area contributed by atoms with Crippen molar-refractivity contribution in [3.63, 3.8) is 0 Å². The van der Waals surface area contributed by atoms with E-state index < -0.39 is 0 Å². The second kappa shape index (κ2) is 4.74. The van der Waals surface area contributed by atoms with E-state index in [2.05, 4.69) is 0 Å². The van der Waals surface area contributed by atoms with E-state index in [1.54, 1.807) is 7.11 Å². The van der Waals surface area contributed by atoms with E-state index in [-0.39, 0.29) is 6.04 Å². The van der Waals surface area contributed by atoms with Gasteiger partial charge in [0, 0.05) is 6.04 Å². The van der Waals surface area contributed by atoms with Gasteiger partial charge in [-0.25, -0.2) is 0 Å². The first kappa shape index (κ1) is 11.3. The maximum Gasteiger partial charge on any atom is 0.161 e. The predicted molar refractivity (Wildman–Crippen MR) is 63.8 cm³/mol. The average molecular weight is 221 g/mol. The van der Waals surface area contributed by atoms with Crippen LogP contribution in [0.4, 0.5) is 0 Å². The molecule has 0 amide bonds. The summed E-state index contributed by atoms with van der Waals surface area (Å²) in [7, 11) is 1.66. The summed E-state index contributed by atoms with van der Waals surface area (Å²) in [5.41, 5.74) is 6.89. The molecule has 1 aromatic carbocycles. The first-order valence-electron chi connectivity index (χ1n) is 5.77. The van der Waals surface area contributed by atoms with E-state index in [0.29, 0.717) is 0 Å². The van der Waals surface area contributed by atoms with Crippen molar-refractivity contribution in [1.82, 2.24) is 0 Å². The molecule has 0 radical (unpaired) electrons. The van der Waals surface area contributed by atoms with E-state index in [0.717, 1.165) is 29.6 Å². The molecule has 3 nitrogen and oxygen atoms in total. The Morgan fingerprint density at radius 3 is 2.69 bits per heavy atom. The third kappa shape index (κ3) is 2.67. The van der Waals surface area contributed by atoms with Crippen molar-refractivity contribution in [2.24, 2.45) is 11.7 Å². The van der Waals surface area contributed by atoms with Crippen molar-refractivity contribution >= 4 is 0 Å². The van der Waals surface area contributed by atoms with Crippen LogP contribution in [-0.4, -0.2) is 13.7 Å². The zero-order chi connectivity index (χ0) is 11.5. The second-order valence-corrected chi connectivity index (χ2v) is 4.45. The van der Waals surface area contributed by atoms with Crippen LogP contribution in [0.3, 0.4) is 0 Å². The molecular weight excluding hydrogens is 202 g/mol. The first-order chi connectivity index (χ1) is 7.70. The molecule has 1 atom stereocenters. The van der Waals surface area contributed by atoms with Gasteiger partial charge in [0.15, 0.2) is 11.5 Å². The molecule has 1 aliphatic carbocycles. The number of methoxy groups -OCH3 is 1. The Balaban J connectivity index is 2.09. The summed E-state index contributed by atoms with van der Waals surface area (Å²) >= 11 is 0. The summed E-state index contributed by atoms with van der Waals surface area (Å²) in [6, 6.07) is 5.91. The highest BCUT2D eigenvalue weighted by molar-refractivity contribution is 5.43. The molecule has 0 aromatic heterocycles. The number of hydrogen-bond acceptors (Lipinski definition) is 3. The van der Waals surface area contributed by atoms with Gasteiger partial charge in [-0.15, -0.1) is 0 Å². The standard InChI is InChI=1S/C13H19NO2/c1-9(14)11-5-6-12(13(7-11)15-2)16-8-10-3-4-10/h5-7,9-10H,3-4,8,14H2,1-2H3/t9-/m0/s1. The molecule has 0 spiro atoms. The summed E-state index contributed by atoms with van der Waals surface area (Å²) < 4.78 is 11.0. The Bertz CT molecular complexity index is 359. The zero-order valence-electron chi connectivity index (χ0n) is 9.90. The summed E-state index contributed by atoms with van der Waals surface area (Å²) in [5, 5.41) is 0. The van der Waals surface area contributed by atoms with Crippen LogP contribution in [0.1, 0.15) is 31.4 Å². The Labute approximate surface area is 96.5 Å². The van der Waals surface area contributed by atoms with E-state index in [4.69, 9.17) is 15.2 Å². The number of rotatable bonds is 5. The summed E-state index contributed by atoms with van der Waals surface area (Å²) in [6.07, 6.45) is 2.58. The lowest BCUT2D eigenvalue weighted by Crippen LogP contribution is -2.06. The molecule has 1 saturated carbocycles. The highest BCUT2D eigenvalue weighted by Gasteiger charge is 2.22. The maximum absolute atomic E-state index is 5.82. The number of benzene rings is 1. The third-order valence-corrected chi connectivity index (χ3v) is 2.88. The molecule has 16 heavy (non-hydrogen) atoms. The minimum atomic E-state index is 0.0198. The molecule has 1 fully saturated rings. The van der Waals surface area contributed by atoms with E-state index in [1.807, 2.05) is 25.1 Å². The smallest absolute Gasteiger partial charge is 0.161 e. The molecule has 0 unspecified atom stereocenters. The largest absolute Gasteiger partial charge is 0.493 e. The summed E-state index contributed by atoms with van der Waals surface area (Å²) in [4.78, 5) is 0. The van der Waals surface area contributed by atoms with E-state index in [1.165, 1.54) is 12.8 Å². The fourth-order valence-corrected chi connectivity index (χ4v) is 1.58. The van der Waals surface area contributed by atoms with Crippen LogP contribution in [0.5, 0.6) is 11.5 Å². The summed E-state index contributed by atoms with van der Waals surface area (Å²) in [6.45, 7) is 2.76. The Hall–Kier alpha value is -1.22. The Morgan fingerprint density at radius 1 is 1.38 bits per heavy atom. The number of nitrogens with two attached hydrogens (primary N) is 1.